The largest absolute Gasteiger partial charge is 0.423 e. The van der Waals surface area contributed by atoms with E-state index >= 15 is 0 Å². The summed E-state index contributed by atoms with van der Waals surface area (Å²) in [5.74, 6) is 2.46. The van der Waals surface area contributed by atoms with Crippen LogP contribution in [0.1, 0.15) is 0 Å². The molecule has 3 heteroatoms. The van der Waals surface area contributed by atoms with Crippen molar-refractivity contribution in [3.8, 4) is 12.3 Å². The van der Waals surface area contributed by atoms with E-state index < -0.39 is 0 Å². The Bertz CT molecular complexity index is 578. The smallest absolute Gasteiger partial charge is 0.338 e. The summed E-state index contributed by atoms with van der Waals surface area (Å²) < 4.78 is 5.04. The number of anilines is 1. The maximum atomic E-state index is 11.2. The van der Waals surface area contributed by atoms with Gasteiger partial charge in [-0.25, -0.2) is 4.79 Å². The van der Waals surface area contributed by atoms with Crippen LogP contribution in [0, 0.1) is 12.3 Å². The Labute approximate surface area is 86.7 Å². The van der Waals surface area contributed by atoms with Gasteiger partial charge in [0, 0.05) is 11.5 Å². The van der Waals surface area contributed by atoms with Gasteiger partial charge in [0.15, 0.2) is 0 Å². The first kappa shape index (κ1) is 9.35. The molecular formula is C12H9NO2. The second-order valence-electron chi connectivity index (χ2n) is 3.03. The van der Waals surface area contributed by atoms with Crippen LogP contribution in [0.5, 0.6) is 0 Å². The summed E-state index contributed by atoms with van der Waals surface area (Å²) in [5, 5.41) is 3.84. The fourth-order valence-corrected chi connectivity index (χ4v) is 1.40. The molecule has 0 spiro atoms. The topological polar surface area (TPSA) is 42.2 Å². The van der Waals surface area contributed by atoms with Crippen molar-refractivity contribution < 1.29 is 4.42 Å². The van der Waals surface area contributed by atoms with Gasteiger partial charge < -0.3 is 9.73 Å². The van der Waals surface area contributed by atoms with Gasteiger partial charge in [0.25, 0.3) is 0 Å². The van der Waals surface area contributed by atoms with Gasteiger partial charge in [0.1, 0.15) is 5.58 Å². The van der Waals surface area contributed by atoms with Crippen LogP contribution in [0.4, 0.5) is 5.69 Å². The molecule has 3 nitrogen and oxygen atoms in total. The second kappa shape index (κ2) is 3.89. The molecule has 1 aromatic carbocycles. The van der Waals surface area contributed by atoms with Crippen molar-refractivity contribution in [1.29, 1.82) is 0 Å². The Morgan fingerprint density at radius 1 is 1.40 bits per heavy atom. The zero-order chi connectivity index (χ0) is 10.7. The molecule has 0 aliphatic rings. The summed E-state index contributed by atoms with van der Waals surface area (Å²) in [7, 11) is 0. The molecule has 0 aliphatic carbocycles. The van der Waals surface area contributed by atoms with E-state index in [-0.39, 0.29) is 5.63 Å². The molecule has 0 saturated carbocycles. The lowest BCUT2D eigenvalue weighted by Gasteiger charge is -2.04. The number of benzene rings is 1. The van der Waals surface area contributed by atoms with Gasteiger partial charge >= 0.3 is 5.63 Å². The number of para-hydroxylation sites is 1. The summed E-state index contributed by atoms with van der Waals surface area (Å²) in [4.78, 5) is 11.2. The summed E-state index contributed by atoms with van der Waals surface area (Å²) in [6.45, 7) is 0.382. The van der Waals surface area contributed by atoms with E-state index in [4.69, 9.17) is 10.8 Å². The summed E-state index contributed by atoms with van der Waals surface area (Å²) in [6, 6.07) is 8.72. The van der Waals surface area contributed by atoms with Gasteiger partial charge in [-0.15, -0.1) is 6.42 Å². The third-order valence-corrected chi connectivity index (χ3v) is 2.03. The number of fused-ring (bicyclic) bond motifs is 1. The molecule has 0 saturated heterocycles. The van der Waals surface area contributed by atoms with Crippen LogP contribution in [0.2, 0.25) is 0 Å². The highest BCUT2D eigenvalue weighted by Crippen LogP contribution is 2.20. The molecule has 74 valence electrons. The van der Waals surface area contributed by atoms with E-state index in [0.29, 0.717) is 17.8 Å². The van der Waals surface area contributed by atoms with Crippen molar-refractivity contribution in [2.24, 2.45) is 0 Å². The van der Waals surface area contributed by atoms with E-state index in [1.807, 2.05) is 18.2 Å². The van der Waals surface area contributed by atoms with E-state index in [1.54, 1.807) is 6.07 Å². The lowest BCUT2D eigenvalue weighted by Crippen LogP contribution is -2.04. The van der Waals surface area contributed by atoms with Crippen molar-refractivity contribution in [2.75, 3.05) is 11.9 Å². The zero-order valence-corrected chi connectivity index (χ0v) is 7.99. The molecule has 2 rings (SSSR count). The van der Waals surface area contributed by atoms with Crippen molar-refractivity contribution in [1.82, 2.24) is 0 Å². The van der Waals surface area contributed by atoms with Crippen LogP contribution < -0.4 is 10.9 Å². The van der Waals surface area contributed by atoms with Crippen LogP contribution in [-0.2, 0) is 0 Å². The minimum atomic E-state index is -0.381. The van der Waals surface area contributed by atoms with Gasteiger partial charge in [0.2, 0.25) is 0 Å². The highest BCUT2D eigenvalue weighted by Gasteiger charge is 2.02. The predicted octanol–water partition coefficient (Wildman–Crippen LogP) is 1.84. The predicted molar refractivity (Wildman–Crippen MR) is 59.8 cm³/mol. The molecule has 2 aromatic rings. The highest BCUT2D eigenvalue weighted by atomic mass is 16.4. The van der Waals surface area contributed by atoms with Crippen molar-refractivity contribution >= 4 is 16.7 Å². The Kier molecular flexibility index (Phi) is 2.42. The molecule has 0 amide bonds. The SMILES string of the molecule is C#CCNc1cc(=O)oc2ccccc12. The zero-order valence-electron chi connectivity index (χ0n) is 7.99. The molecule has 0 unspecified atom stereocenters. The fourth-order valence-electron chi connectivity index (χ4n) is 1.40. The number of hydrogen-bond acceptors (Lipinski definition) is 3. The molecular weight excluding hydrogens is 190 g/mol. The first-order valence-electron chi connectivity index (χ1n) is 4.51. The quantitative estimate of drug-likeness (QED) is 0.592. The molecule has 1 heterocycles. The van der Waals surface area contributed by atoms with Gasteiger partial charge in [-0.3, -0.25) is 0 Å². The molecule has 0 radical (unpaired) electrons. The van der Waals surface area contributed by atoms with Crippen molar-refractivity contribution in [3.63, 3.8) is 0 Å². The third-order valence-electron chi connectivity index (χ3n) is 2.03. The first-order chi connectivity index (χ1) is 7.31. The van der Waals surface area contributed by atoms with E-state index in [0.717, 1.165) is 5.39 Å². The lowest BCUT2D eigenvalue weighted by molar-refractivity contribution is 0.561. The summed E-state index contributed by atoms with van der Waals surface area (Å²) in [6.07, 6.45) is 5.14. The van der Waals surface area contributed by atoms with Crippen LogP contribution in [0.25, 0.3) is 11.0 Å². The average Bonchev–Trinajstić information content (AvgIpc) is 2.25. The standard InChI is InChI=1S/C12H9NO2/c1-2-7-13-10-8-12(14)15-11-6-4-3-5-9(10)11/h1,3-6,8,13H,7H2. The van der Waals surface area contributed by atoms with Crippen molar-refractivity contribution in [2.45, 2.75) is 0 Å². The van der Waals surface area contributed by atoms with Gasteiger partial charge in [-0.05, 0) is 12.1 Å². The minimum Gasteiger partial charge on any atom is -0.423 e. The van der Waals surface area contributed by atoms with Gasteiger partial charge in [0.05, 0.1) is 12.2 Å². The molecule has 15 heavy (non-hydrogen) atoms. The van der Waals surface area contributed by atoms with Gasteiger partial charge in [-0.2, -0.15) is 0 Å². The Hall–Kier alpha value is -2.21. The fraction of sp³-hybridized carbons (Fsp3) is 0.0833. The maximum Gasteiger partial charge on any atom is 0.338 e. The Balaban J connectivity index is 2.62. The summed E-state index contributed by atoms with van der Waals surface area (Å²) in [5.41, 5.74) is 0.887. The van der Waals surface area contributed by atoms with E-state index in [9.17, 15) is 4.79 Å². The molecule has 0 atom stereocenters. The monoisotopic (exact) mass is 199 g/mol. The molecule has 0 bridgehead atoms. The number of hydrogen-bond donors (Lipinski definition) is 1. The molecule has 0 aliphatic heterocycles. The van der Waals surface area contributed by atoms with Crippen LogP contribution in [0.3, 0.4) is 0 Å². The van der Waals surface area contributed by atoms with Crippen LogP contribution in [-0.4, -0.2) is 6.54 Å². The second-order valence-corrected chi connectivity index (χ2v) is 3.03. The molecule has 0 fully saturated rings. The highest BCUT2D eigenvalue weighted by molar-refractivity contribution is 5.89. The molecule has 1 N–H and O–H groups in total. The minimum absolute atomic E-state index is 0.381. The van der Waals surface area contributed by atoms with Crippen LogP contribution >= 0.6 is 0 Å². The Morgan fingerprint density at radius 3 is 3.00 bits per heavy atom. The normalized spacial score (nSPS) is 9.80. The van der Waals surface area contributed by atoms with Crippen molar-refractivity contribution in [3.05, 3.63) is 40.8 Å². The Morgan fingerprint density at radius 2 is 2.20 bits per heavy atom. The lowest BCUT2D eigenvalue weighted by atomic mass is 10.2. The number of terminal acetylenes is 1. The molecule has 1 aromatic heterocycles. The average molecular weight is 199 g/mol. The third kappa shape index (κ3) is 1.84. The number of nitrogens with one attached hydrogen (secondary N) is 1. The van der Waals surface area contributed by atoms with Gasteiger partial charge in [-0.1, -0.05) is 18.1 Å². The maximum absolute atomic E-state index is 11.2. The van der Waals surface area contributed by atoms with E-state index in [1.165, 1.54) is 6.07 Å². The van der Waals surface area contributed by atoms with Crippen LogP contribution in [0.15, 0.2) is 39.5 Å². The summed E-state index contributed by atoms with van der Waals surface area (Å²) >= 11 is 0. The number of rotatable bonds is 2. The van der Waals surface area contributed by atoms with E-state index in [2.05, 4.69) is 11.2 Å². The first-order valence-corrected chi connectivity index (χ1v) is 4.51.